The summed E-state index contributed by atoms with van der Waals surface area (Å²) in [4.78, 5) is 6.68. The molecule has 0 bridgehead atoms. The fraction of sp³-hybridized carbons (Fsp3) is 0.421. The van der Waals surface area contributed by atoms with Crippen LogP contribution in [-0.4, -0.2) is 39.7 Å². The second-order valence-corrected chi connectivity index (χ2v) is 8.66. The van der Waals surface area contributed by atoms with Crippen molar-refractivity contribution in [3.05, 3.63) is 36.5 Å². The lowest BCUT2D eigenvalue weighted by atomic mass is 9.99. The van der Waals surface area contributed by atoms with E-state index in [4.69, 9.17) is 9.47 Å². The zero-order valence-electron chi connectivity index (χ0n) is 15.2. The minimum absolute atomic E-state index is 0.114. The summed E-state index contributed by atoms with van der Waals surface area (Å²) in [6, 6.07) is 8.18. The van der Waals surface area contributed by atoms with E-state index in [1.165, 1.54) is 25.0 Å². The van der Waals surface area contributed by atoms with Gasteiger partial charge >= 0.3 is 0 Å². The molecule has 0 saturated carbocycles. The number of hydrogen-bond donors (Lipinski definition) is 1. The molecule has 1 N–H and O–H groups in total. The van der Waals surface area contributed by atoms with Crippen molar-refractivity contribution in [1.29, 1.82) is 0 Å². The fourth-order valence-corrected chi connectivity index (χ4v) is 4.31. The second kappa shape index (κ2) is 7.26. The maximum absolute atomic E-state index is 12.7. The molecule has 1 fully saturated rings. The van der Waals surface area contributed by atoms with Gasteiger partial charge in [0, 0.05) is 19.2 Å². The molecule has 144 valence electrons. The zero-order chi connectivity index (χ0) is 18.9. The third kappa shape index (κ3) is 3.95. The third-order valence-electron chi connectivity index (χ3n) is 4.96. The number of hydrogen-bond acceptors (Lipinski definition) is 6. The first kappa shape index (κ1) is 17.9. The number of ether oxygens (including phenoxy) is 2. The predicted molar refractivity (Wildman–Crippen MR) is 103 cm³/mol. The van der Waals surface area contributed by atoms with Crippen LogP contribution in [0.4, 0.5) is 11.5 Å². The summed E-state index contributed by atoms with van der Waals surface area (Å²) >= 11 is 0. The molecular weight excluding hydrogens is 366 g/mol. The van der Waals surface area contributed by atoms with Crippen molar-refractivity contribution >= 4 is 21.5 Å². The molecule has 2 aliphatic rings. The van der Waals surface area contributed by atoms with Gasteiger partial charge < -0.3 is 14.4 Å². The molecule has 4 rings (SSSR count). The third-order valence-corrected chi connectivity index (χ3v) is 6.31. The summed E-state index contributed by atoms with van der Waals surface area (Å²) in [5.74, 6) is 2.04. The van der Waals surface area contributed by atoms with Gasteiger partial charge in [-0.15, -0.1) is 0 Å². The number of pyridine rings is 1. The molecule has 2 aliphatic heterocycles. The number of aromatic nitrogens is 1. The van der Waals surface area contributed by atoms with E-state index in [2.05, 4.69) is 21.5 Å². The summed E-state index contributed by atoms with van der Waals surface area (Å²) in [7, 11) is -3.75. The molecule has 0 spiro atoms. The van der Waals surface area contributed by atoms with Crippen LogP contribution in [-0.2, 0) is 10.0 Å². The molecular formula is C19H23N3O4S. The summed E-state index contributed by atoms with van der Waals surface area (Å²) in [6.07, 6.45) is 4.05. The molecule has 1 saturated heterocycles. The number of piperidine rings is 1. The van der Waals surface area contributed by atoms with Crippen molar-refractivity contribution < 1.29 is 17.9 Å². The molecule has 7 nitrogen and oxygen atoms in total. The highest BCUT2D eigenvalue weighted by atomic mass is 32.2. The van der Waals surface area contributed by atoms with E-state index in [0.717, 1.165) is 24.7 Å². The first-order valence-corrected chi connectivity index (χ1v) is 10.6. The summed E-state index contributed by atoms with van der Waals surface area (Å²) in [5.41, 5.74) is 1.02. The van der Waals surface area contributed by atoms with E-state index < -0.39 is 10.0 Å². The van der Waals surface area contributed by atoms with Gasteiger partial charge in [-0.05, 0) is 43.0 Å². The van der Waals surface area contributed by atoms with E-state index in [1.54, 1.807) is 18.3 Å². The monoisotopic (exact) mass is 389 g/mol. The van der Waals surface area contributed by atoms with Crippen LogP contribution in [0.3, 0.4) is 0 Å². The van der Waals surface area contributed by atoms with Crippen LogP contribution in [0.25, 0.3) is 0 Å². The number of anilines is 2. The summed E-state index contributed by atoms with van der Waals surface area (Å²) in [6.45, 7) is 5.15. The lowest BCUT2D eigenvalue weighted by Gasteiger charge is -2.31. The lowest BCUT2D eigenvalue weighted by Crippen LogP contribution is -2.32. The van der Waals surface area contributed by atoms with Crippen LogP contribution >= 0.6 is 0 Å². The van der Waals surface area contributed by atoms with E-state index in [0.29, 0.717) is 30.5 Å². The van der Waals surface area contributed by atoms with Gasteiger partial charge in [-0.2, -0.15) is 0 Å². The Morgan fingerprint density at radius 1 is 1.07 bits per heavy atom. The molecule has 1 aromatic carbocycles. The molecule has 2 aromatic rings. The molecule has 8 heteroatoms. The van der Waals surface area contributed by atoms with E-state index in [9.17, 15) is 8.42 Å². The van der Waals surface area contributed by atoms with E-state index in [1.807, 2.05) is 6.07 Å². The topological polar surface area (TPSA) is 80.8 Å². The Kier molecular flexibility index (Phi) is 4.82. The van der Waals surface area contributed by atoms with Crippen molar-refractivity contribution in [3.8, 4) is 11.5 Å². The minimum Gasteiger partial charge on any atom is -0.486 e. The second-order valence-electron chi connectivity index (χ2n) is 6.98. The highest BCUT2D eigenvalue weighted by molar-refractivity contribution is 7.92. The van der Waals surface area contributed by atoms with Crippen LogP contribution in [0.15, 0.2) is 41.4 Å². The van der Waals surface area contributed by atoms with Gasteiger partial charge in [-0.1, -0.05) is 6.92 Å². The van der Waals surface area contributed by atoms with Gasteiger partial charge in [0.15, 0.2) is 11.5 Å². The number of rotatable bonds is 4. The van der Waals surface area contributed by atoms with Crippen molar-refractivity contribution in [2.75, 3.05) is 35.9 Å². The minimum atomic E-state index is -3.75. The molecule has 0 amide bonds. The first-order valence-electron chi connectivity index (χ1n) is 9.15. The van der Waals surface area contributed by atoms with Gasteiger partial charge in [0.2, 0.25) is 0 Å². The Labute approximate surface area is 159 Å². The standard InChI is InChI=1S/C19H23N3O4S/c1-14-6-8-22(9-7-14)15-2-5-19(20-13-15)21-27(23,24)16-3-4-17-18(12-16)26-11-10-25-17/h2-5,12-14H,6-11H2,1H3,(H,20,21). The number of fused-ring (bicyclic) bond motifs is 1. The Bertz CT molecular complexity index is 907. The van der Waals surface area contributed by atoms with E-state index >= 15 is 0 Å². The van der Waals surface area contributed by atoms with Gasteiger partial charge in [0.05, 0.1) is 16.8 Å². The van der Waals surface area contributed by atoms with Crippen molar-refractivity contribution in [3.63, 3.8) is 0 Å². The Hall–Kier alpha value is -2.48. The average molecular weight is 389 g/mol. The molecule has 1 aromatic heterocycles. The molecule has 0 aliphatic carbocycles. The van der Waals surface area contributed by atoms with Crippen LogP contribution in [0.5, 0.6) is 11.5 Å². The first-order chi connectivity index (χ1) is 13.0. The molecule has 3 heterocycles. The zero-order valence-corrected chi connectivity index (χ0v) is 16.0. The molecule has 0 unspecified atom stereocenters. The smallest absolute Gasteiger partial charge is 0.263 e. The molecule has 0 radical (unpaired) electrons. The van der Waals surface area contributed by atoms with Crippen LogP contribution in [0, 0.1) is 5.92 Å². The Morgan fingerprint density at radius 2 is 1.81 bits per heavy atom. The highest BCUT2D eigenvalue weighted by Crippen LogP contribution is 2.32. The van der Waals surface area contributed by atoms with Crippen molar-refractivity contribution in [2.24, 2.45) is 5.92 Å². The normalized spacial score (nSPS) is 17.6. The maximum atomic E-state index is 12.7. The lowest BCUT2D eigenvalue weighted by molar-refractivity contribution is 0.171. The largest absolute Gasteiger partial charge is 0.486 e. The Morgan fingerprint density at radius 3 is 2.52 bits per heavy atom. The summed E-state index contributed by atoms with van der Waals surface area (Å²) < 4.78 is 38.7. The molecule has 27 heavy (non-hydrogen) atoms. The quantitative estimate of drug-likeness (QED) is 0.866. The van der Waals surface area contributed by atoms with Gasteiger partial charge in [0.25, 0.3) is 10.0 Å². The number of benzene rings is 1. The number of nitrogens with zero attached hydrogens (tertiary/aromatic N) is 2. The predicted octanol–water partition coefficient (Wildman–Crippen LogP) is 2.89. The van der Waals surface area contributed by atoms with Crippen LogP contribution < -0.4 is 19.1 Å². The fourth-order valence-electron chi connectivity index (χ4n) is 3.29. The van der Waals surface area contributed by atoms with Crippen LogP contribution in [0.2, 0.25) is 0 Å². The highest BCUT2D eigenvalue weighted by Gasteiger charge is 2.20. The number of sulfonamides is 1. The van der Waals surface area contributed by atoms with Gasteiger partial charge in [0.1, 0.15) is 19.0 Å². The number of nitrogens with one attached hydrogen (secondary N) is 1. The molecule has 0 atom stereocenters. The van der Waals surface area contributed by atoms with Gasteiger partial charge in [-0.25, -0.2) is 13.4 Å². The SMILES string of the molecule is CC1CCN(c2ccc(NS(=O)(=O)c3ccc4c(c3)OCCO4)nc2)CC1. The van der Waals surface area contributed by atoms with E-state index in [-0.39, 0.29) is 4.90 Å². The van der Waals surface area contributed by atoms with Crippen molar-refractivity contribution in [2.45, 2.75) is 24.7 Å². The van der Waals surface area contributed by atoms with Gasteiger partial charge in [-0.3, -0.25) is 4.72 Å². The summed E-state index contributed by atoms with van der Waals surface area (Å²) in [5, 5.41) is 0. The maximum Gasteiger partial charge on any atom is 0.263 e. The van der Waals surface area contributed by atoms with Crippen LogP contribution in [0.1, 0.15) is 19.8 Å². The Balaban J connectivity index is 1.48. The average Bonchev–Trinajstić information content (AvgIpc) is 2.68. The van der Waals surface area contributed by atoms with Crippen molar-refractivity contribution in [1.82, 2.24) is 4.98 Å².